The number of rotatable bonds is 20. The topological polar surface area (TPSA) is 27.7 Å². The van der Waals surface area contributed by atoms with Crippen LogP contribution < -0.4 is 31.8 Å². The fourth-order valence-corrected chi connectivity index (χ4v) is 12.6. The van der Waals surface area contributed by atoms with E-state index >= 15 is 0 Å². The Morgan fingerprint density at radius 2 is 0.549 bits per heavy atom. The Morgan fingerprint density at radius 1 is 0.314 bits per heavy atom. The summed E-state index contributed by atoms with van der Waals surface area (Å²) < 4.78 is 19.5. The van der Waals surface area contributed by atoms with Gasteiger partial charge in [0, 0.05) is 0 Å². The molecule has 6 aromatic carbocycles. The summed E-state index contributed by atoms with van der Waals surface area (Å²) in [4.78, 5) is 0. The molecular formula is C45H47O3P3. The Hall–Kier alpha value is -3.51. The number of hydrogen-bond donors (Lipinski definition) is 0. The van der Waals surface area contributed by atoms with Gasteiger partial charge >= 0.3 is 0 Å². The van der Waals surface area contributed by atoms with Gasteiger partial charge in [-0.3, -0.25) is 0 Å². The normalized spacial score (nSPS) is 11.5. The highest BCUT2D eigenvalue weighted by Crippen LogP contribution is 2.35. The summed E-state index contributed by atoms with van der Waals surface area (Å²) in [6.07, 6.45) is 2.72. The van der Waals surface area contributed by atoms with Gasteiger partial charge in [0.2, 0.25) is 0 Å². The smallest absolute Gasteiger partial charge is 0.104 e. The van der Waals surface area contributed by atoms with Gasteiger partial charge in [0.25, 0.3) is 0 Å². The van der Waals surface area contributed by atoms with Crippen molar-refractivity contribution in [2.75, 3.05) is 51.5 Å². The van der Waals surface area contributed by atoms with Gasteiger partial charge < -0.3 is 14.2 Å². The van der Waals surface area contributed by atoms with Crippen LogP contribution in [0.3, 0.4) is 0 Å². The molecular weight excluding hydrogens is 681 g/mol. The van der Waals surface area contributed by atoms with E-state index in [1.54, 1.807) is 0 Å². The summed E-state index contributed by atoms with van der Waals surface area (Å²) in [5.41, 5.74) is 0. The third-order valence-electron chi connectivity index (χ3n) is 8.60. The maximum absolute atomic E-state index is 6.65. The van der Waals surface area contributed by atoms with E-state index < -0.39 is 23.8 Å². The molecule has 260 valence electrons. The highest BCUT2D eigenvalue weighted by atomic mass is 31.1. The zero-order valence-electron chi connectivity index (χ0n) is 29.1. The molecule has 0 spiro atoms. The molecule has 0 atom stereocenters. The van der Waals surface area contributed by atoms with Crippen LogP contribution in [0.25, 0.3) is 0 Å². The van der Waals surface area contributed by atoms with E-state index in [-0.39, 0.29) is 6.10 Å². The third kappa shape index (κ3) is 11.8. The molecule has 3 nitrogen and oxygen atoms in total. The standard InChI is InChI=1S/C45H47O3P3/c1-7-19-40(20-8-1)49(41-21-9-2-10-22-41)34-31-46-37-39(48-33-36-51(44-27-15-5-16-28-44)45-29-17-6-18-30-45)38-47-32-35-50(42-23-11-3-12-24-42)43-25-13-4-14-26-43/h1-30,39H,31-38H2. The van der Waals surface area contributed by atoms with Crippen molar-refractivity contribution in [3.05, 3.63) is 182 Å². The zero-order valence-corrected chi connectivity index (χ0v) is 31.8. The predicted octanol–water partition coefficient (Wildman–Crippen LogP) is 7.80. The Balaban J connectivity index is 1.09. The molecule has 0 fully saturated rings. The second kappa shape index (κ2) is 21.1. The van der Waals surface area contributed by atoms with Gasteiger partial charge in [0.1, 0.15) is 6.10 Å². The fraction of sp³-hybridized carbons (Fsp3) is 0.200. The molecule has 6 rings (SSSR count). The van der Waals surface area contributed by atoms with Crippen molar-refractivity contribution in [1.82, 2.24) is 0 Å². The van der Waals surface area contributed by atoms with Crippen LogP contribution in [-0.2, 0) is 14.2 Å². The van der Waals surface area contributed by atoms with Crippen molar-refractivity contribution < 1.29 is 14.2 Å². The third-order valence-corrected chi connectivity index (χ3v) is 16.0. The predicted molar refractivity (Wildman–Crippen MR) is 223 cm³/mol. The SMILES string of the molecule is c1ccc(P(CCOCC(COCCP(c2ccccc2)c2ccccc2)OCCP(c2ccccc2)c2ccccc2)c2ccccc2)cc1. The summed E-state index contributed by atoms with van der Waals surface area (Å²) in [6.45, 7) is 3.00. The molecule has 0 aromatic heterocycles. The Bertz CT molecular complexity index is 1570. The van der Waals surface area contributed by atoms with Crippen LogP contribution in [-0.4, -0.2) is 57.6 Å². The second-order valence-electron chi connectivity index (χ2n) is 12.1. The zero-order chi connectivity index (χ0) is 34.8. The van der Waals surface area contributed by atoms with Gasteiger partial charge in [0.15, 0.2) is 0 Å². The molecule has 51 heavy (non-hydrogen) atoms. The molecule has 0 saturated heterocycles. The minimum Gasteiger partial charge on any atom is -0.378 e. The fourth-order valence-electron chi connectivity index (χ4n) is 6.07. The van der Waals surface area contributed by atoms with Gasteiger partial charge in [-0.15, -0.1) is 0 Å². The van der Waals surface area contributed by atoms with E-state index in [4.69, 9.17) is 14.2 Å². The second-order valence-corrected chi connectivity index (χ2v) is 19.1. The average molecular weight is 729 g/mol. The first-order chi connectivity index (χ1) is 25.3. The monoisotopic (exact) mass is 728 g/mol. The molecule has 0 unspecified atom stereocenters. The lowest BCUT2D eigenvalue weighted by atomic mass is 10.4. The highest BCUT2D eigenvalue weighted by molar-refractivity contribution is 7.73. The lowest BCUT2D eigenvalue weighted by molar-refractivity contribution is -0.0510. The van der Waals surface area contributed by atoms with Crippen molar-refractivity contribution in [2.45, 2.75) is 6.10 Å². The van der Waals surface area contributed by atoms with Crippen molar-refractivity contribution in [2.24, 2.45) is 0 Å². The summed E-state index contributed by atoms with van der Waals surface area (Å²) in [5, 5.41) is 8.25. The lowest BCUT2D eigenvalue weighted by Gasteiger charge is -2.24. The van der Waals surface area contributed by atoms with Crippen LogP contribution >= 0.6 is 23.8 Å². The van der Waals surface area contributed by atoms with Crippen LogP contribution in [0.5, 0.6) is 0 Å². The van der Waals surface area contributed by atoms with Gasteiger partial charge in [0.05, 0.1) is 33.0 Å². The van der Waals surface area contributed by atoms with Gasteiger partial charge in [-0.05, 0) is 74.1 Å². The Labute approximate surface area is 308 Å². The van der Waals surface area contributed by atoms with Gasteiger partial charge in [-0.25, -0.2) is 0 Å². The molecule has 0 aliphatic rings. The molecule has 0 aliphatic carbocycles. The molecule has 0 aliphatic heterocycles. The van der Waals surface area contributed by atoms with E-state index in [0.29, 0.717) is 33.0 Å². The van der Waals surface area contributed by atoms with Crippen molar-refractivity contribution in [3.63, 3.8) is 0 Å². The van der Waals surface area contributed by atoms with E-state index in [1.807, 2.05) is 0 Å². The molecule has 0 N–H and O–H groups in total. The van der Waals surface area contributed by atoms with Crippen molar-refractivity contribution >= 4 is 55.6 Å². The van der Waals surface area contributed by atoms with Crippen LogP contribution in [0.2, 0.25) is 0 Å². The first-order valence-corrected chi connectivity index (χ1v) is 22.3. The number of ether oxygens (including phenoxy) is 3. The molecule has 6 aromatic rings. The average Bonchev–Trinajstić information content (AvgIpc) is 3.21. The number of hydrogen-bond acceptors (Lipinski definition) is 3. The number of benzene rings is 6. The molecule has 0 bridgehead atoms. The molecule has 0 radical (unpaired) electrons. The maximum Gasteiger partial charge on any atom is 0.104 e. The minimum absolute atomic E-state index is 0.146. The summed E-state index contributed by atoms with van der Waals surface area (Å²) in [6, 6.07) is 65.1. The molecule has 0 amide bonds. The van der Waals surface area contributed by atoms with E-state index in [9.17, 15) is 0 Å². The first kappa shape index (κ1) is 37.3. The Kier molecular flexibility index (Phi) is 15.4. The van der Waals surface area contributed by atoms with Crippen LogP contribution in [0.1, 0.15) is 0 Å². The van der Waals surface area contributed by atoms with Crippen LogP contribution in [0, 0.1) is 0 Å². The van der Waals surface area contributed by atoms with Crippen LogP contribution in [0.15, 0.2) is 182 Å². The summed E-state index contributed by atoms with van der Waals surface area (Å²) in [5.74, 6) is 0. The first-order valence-electron chi connectivity index (χ1n) is 17.8. The van der Waals surface area contributed by atoms with E-state index in [2.05, 4.69) is 182 Å². The van der Waals surface area contributed by atoms with Gasteiger partial charge in [-0.2, -0.15) is 0 Å². The van der Waals surface area contributed by atoms with E-state index in [1.165, 1.54) is 31.8 Å². The van der Waals surface area contributed by atoms with Crippen molar-refractivity contribution in [1.29, 1.82) is 0 Å². The highest BCUT2D eigenvalue weighted by Gasteiger charge is 2.19. The molecule has 0 saturated carbocycles. The van der Waals surface area contributed by atoms with Crippen molar-refractivity contribution in [3.8, 4) is 0 Å². The largest absolute Gasteiger partial charge is 0.378 e. The van der Waals surface area contributed by atoms with Crippen LogP contribution in [0.4, 0.5) is 0 Å². The molecule has 0 heterocycles. The minimum atomic E-state index is -0.535. The quantitative estimate of drug-likeness (QED) is 0.0594. The molecule has 6 heteroatoms. The lowest BCUT2D eigenvalue weighted by Crippen LogP contribution is -2.29. The summed E-state index contributed by atoms with van der Waals surface area (Å²) >= 11 is 0. The Morgan fingerprint density at radius 3 is 0.804 bits per heavy atom. The maximum atomic E-state index is 6.65. The summed E-state index contributed by atoms with van der Waals surface area (Å²) in [7, 11) is -1.56. The van der Waals surface area contributed by atoms with E-state index in [0.717, 1.165) is 18.5 Å². The van der Waals surface area contributed by atoms with Gasteiger partial charge in [-0.1, -0.05) is 182 Å².